The number of benzene rings is 1. The van der Waals surface area contributed by atoms with E-state index in [4.69, 9.17) is 16.7 Å². The van der Waals surface area contributed by atoms with Gasteiger partial charge in [0.1, 0.15) is 6.54 Å². The largest absolute Gasteiger partial charge is 0.406 e. The summed E-state index contributed by atoms with van der Waals surface area (Å²) in [7, 11) is 2.05. The van der Waals surface area contributed by atoms with Crippen molar-refractivity contribution in [3.8, 4) is 11.5 Å². The number of thiocarbonyl (C=S) groups is 1. The van der Waals surface area contributed by atoms with E-state index in [9.17, 15) is 18.0 Å². The zero-order valence-electron chi connectivity index (χ0n) is 20.4. The molecule has 2 N–H and O–H groups in total. The second-order valence-corrected chi connectivity index (χ2v) is 10.2. The number of rotatable bonds is 8. The van der Waals surface area contributed by atoms with Gasteiger partial charge in [-0.3, -0.25) is 4.79 Å². The van der Waals surface area contributed by atoms with Crippen LogP contribution in [0.3, 0.4) is 0 Å². The van der Waals surface area contributed by atoms with Gasteiger partial charge in [-0.2, -0.15) is 18.2 Å². The molecule has 198 valence electrons. The molecule has 0 radical (unpaired) electrons. The molecule has 37 heavy (non-hydrogen) atoms. The molecular formula is C25H29F3N6O2S. The first-order valence-electron chi connectivity index (χ1n) is 12.4. The van der Waals surface area contributed by atoms with E-state index in [0.717, 1.165) is 49.0 Å². The van der Waals surface area contributed by atoms with Crippen molar-refractivity contribution < 1.29 is 22.5 Å². The van der Waals surface area contributed by atoms with Crippen LogP contribution < -0.4 is 10.6 Å². The van der Waals surface area contributed by atoms with Gasteiger partial charge in [0.05, 0.1) is 17.8 Å². The highest BCUT2D eigenvalue weighted by molar-refractivity contribution is 7.79. The van der Waals surface area contributed by atoms with Crippen molar-refractivity contribution in [1.29, 1.82) is 0 Å². The summed E-state index contributed by atoms with van der Waals surface area (Å²) in [5.41, 5.74) is 1.33. The standard InChI is InChI=1S/C25H29F3N6O2S/c1-33-9-8-18(16(12-33)13-37)30-19-6-3-7-20-17(19)10-21(34(20)14-25(26,27)28)23-31-22(36-32-23)11-29-24(35)15-4-2-5-15/h3,6-7,10,13,15-16,18,30H,2,4-5,8-9,11-12,14H2,1H3,(H,29,35)/t16-,18-/m1/s1. The summed E-state index contributed by atoms with van der Waals surface area (Å²) in [4.78, 5) is 18.6. The smallest absolute Gasteiger partial charge is 0.381 e. The van der Waals surface area contributed by atoms with Crippen LogP contribution in [0.4, 0.5) is 18.9 Å². The summed E-state index contributed by atoms with van der Waals surface area (Å²) >= 11 is 5.25. The van der Waals surface area contributed by atoms with E-state index in [1.54, 1.807) is 23.6 Å². The van der Waals surface area contributed by atoms with Gasteiger partial charge >= 0.3 is 6.18 Å². The van der Waals surface area contributed by atoms with Gasteiger partial charge in [0.25, 0.3) is 0 Å². The van der Waals surface area contributed by atoms with Gasteiger partial charge in [0.2, 0.25) is 17.6 Å². The number of anilines is 1. The van der Waals surface area contributed by atoms with Gasteiger partial charge in [-0.15, -0.1) is 0 Å². The van der Waals surface area contributed by atoms with Crippen LogP contribution >= 0.6 is 12.2 Å². The van der Waals surface area contributed by atoms with Crippen molar-refractivity contribution in [3.05, 3.63) is 30.2 Å². The number of nitrogens with zero attached hydrogens (tertiary/aromatic N) is 4. The molecule has 0 bridgehead atoms. The fourth-order valence-electron chi connectivity index (χ4n) is 5.02. The molecule has 5 rings (SSSR count). The minimum atomic E-state index is -4.45. The second-order valence-electron chi connectivity index (χ2n) is 9.93. The topological polar surface area (TPSA) is 88.2 Å². The Labute approximate surface area is 217 Å². The molecule has 1 aliphatic heterocycles. The van der Waals surface area contributed by atoms with Crippen LogP contribution in [0.2, 0.25) is 0 Å². The Morgan fingerprint density at radius 1 is 1.30 bits per heavy atom. The number of hydrogen-bond donors (Lipinski definition) is 2. The molecule has 2 atom stereocenters. The third kappa shape index (κ3) is 5.64. The van der Waals surface area contributed by atoms with Crippen molar-refractivity contribution in [2.75, 3.05) is 25.5 Å². The molecule has 3 aromatic rings. The Balaban J connectivity index is 1.45. The van der Waals surface area contributed by atoms with Crippen LogP contribution in [0.25, 0.3) is 22.4 Å². The summed E-state index contributed by atoms with van der Waals surface area (Å²) in [5.74, 6) is 0.243. The van der Waals surface area contributed by atoms with E-state index in [-0.39, 0.29) is 47.7 Å². The SMILES string of the molecule is CN1CC[C@@H](Nc2cccc3c2cc(-c2noc(CNC(=O)C4CCC4)n2)n3CC(F)(F)F)[C@@H](C=S)C1. The second kappa shape index (κ2) is 10.4. The quantitative estimate of drug-likeness (QED) is 0.414. The molecule has 1 aliphatic carbocycles. The fourth-order valence-corrected chi connectivity index (χ4v) is 5.30. The molecule has 8 nitrogen and oxygen atoms in total. The number of piperidine rings is 1. The number of likely N-dealkylation sites (tertiary alicyclic amines) is 1. The molecule has 2 fully saturated rings. The predicted octanol–water partition coefficient (Wildman–Crippen LogP) is 4.40. The van der Waals surface area contributed by atoms with Crippen LogP contribution in [0.15, 0.2) is 28.8 Å². The lowest BCUT2D eigenvalue weighted by Gasteiger charge is -2.35. The first-order chi connectivity index (χ1) is 17.7. The lowest BCUT2D eigenvalue weighted by Crippen LogP contribution is -2.45. The highest BCUT2D eigenvalue weighted by atomic mass is 32.1. The number of nitrogens with one attached hydrogen (secondary N) is 2. The van der Waals surface area contributed by atoms with E-state index in [1.807, 2.05) is 13.1 Å². The number of carbonyl (C=O) groups excluding carboxylic acids is 1. The van der Waals surface area contributed by atoms with E-state index in [1.165, 1.54) is 0 Å². The first kappa shape index (κ1) is 25.7. The molecule has 2 aliphatic rings. The minimum Gasteiger partial charge on any atom is -0.381 e. The van der Waals surface area contributed by atoms with Gasteiger partial charge in [-0.25, -0.2) is 0 Å². The normalized spacial score (nSPS) is 21.1. The minimum absolute atomic E-state index is 0.00469. The van der Waals surface area contributed by atoms with Crippen LogP contribution in [0, 0.1) is 11.8 Å². The number of amides is 1. The van der Waals surface area contributed by atoms with Crippen LogP contribution in [-0.2, 0) is 17.9 Å². The Bertz CT molecular complexity index is 1290. The maximum absolute atomic E-state index is 13.6. The monoisotopic (exact) mass is 534 g/mol. The highest BCUT2D eigenvalue weighted by Crippen LogP contribution is 2.35. The number of hydrogen-bond acceptors (Lipinski definition) is 7. The van der Waals surface area contributed by atoms with Gasteiger partial charge in [-0.05, 0) is 56.4 Å². The van der Waals surface area contributed by atoms with E-state index >= 15 is 0 Å². The van der Waals surface area contributed by atoms with Crippen molar-refractivity contribution in [3.63, 3.8) is 0 Å². The summed E-state index contributed by atoms with van der Waals surface area (Å²) < 4.78 is 47.3. The Kier molecular flexibility index (Phi) is 7.21. The first-order valence-corrected chi connectivity index (χ1v) is 12.9. The number of aromatic nitrogens is 3. The number of alkyl halides is 3. The van der Waals surface area contributed by atoms with Crippen molar-refractivity contribution in [2.24, 2.45) is 11.8 Å². The lowest BCUT2D eigenvalue weighted by atomic mass is 9.85. The summed E-state index contributed by atoms with van der Waals surface area (Å²) in [5, 5.41) is 12.6. The van der Waals surface area contributed by atoms with Gasteiger partial charge in [-0.1, -0.05) is 29.9 Å². The third-order valence-corrected chi connectivity index (χ3v) is 7.60. The molecule has 0 spiro atoms. The summed E-state index contributed by atoms with van der Waals surface area (Å²) in [6.07, 6.45) is -0.839. The molecule has 1 amide bonds. The lowest BCUT2D eigenvalue weighted by molar-refractivity contribution is -0.139. The third-order valence-electron chi connectivity index (χ3n) is 7.25. The Morgan fingerprint density at radius 2 is 2.11 bits per heavy atom. The molecule has 1 aromatic carbocycles. The highest BCUT2D eigenvalue weighted by Gasteiger charge is 2.32. The molecule has 1 saturated heterocycles. The maximum Gasteiger partial charge on any atom is 0.406 e. The van der Waals surface area contributed by atoms with E-state index in [0.29, 0.717) is 10.9 Å². The summed E-state index contributed by atoms with van der Waals surface area (Å²) in [6, 6.07) is 6.98. The predicted molar refractivity (Wildman–Crippen MR) is 137 cm³/mol. The Hall–Kier alpha value is -2.99. The maximum atomic E-state index is 13.6. The number of halogens is 3. The van der Waals surface area contributed by atoms with Crippen molar-refractivity contribution in [1.82, 2.24) is 24.9 Å². The zero-order valence-corrected chi connectivity index (χ0v) is 21.2. The van der Waals surface area contributed by atoms with E-state index in [2.05, 4.69) is 25.7 Å². The molecule has 12 heteroatoms. The van der Waals surface area contributed by atoms with E-state index < -0.39 is 12.7 Å². The average Bonchev–Trinajstić information content (AvgIpc) is 3.42. The molecule has 3 heterocycles. The van der Waals surface area contributed by atoms with Crippen LogP contribution in [0.5, 0.6) is 0 Å². The van der Waals surface area contributed by atoms with Crippen molar-refractivity contribution in [2.45, 2.75) is 51.0 Å². The average molecular weight is 535 g/mol. The molecular weight excluding hydrogens is 505 g/mol. The molecule has 1 saturated carbocycles. The number of carbonyl (C=O) groups is 1. The molecule has 0 unspecified atom stereocenters. The van der Waals surface area contributed by atoms with Gasteiger partial charge in [0.15, 0.2) is 0 Å². The van der Waals surface area contributed by atoms with Gasteiger partial charge in [0, 0.05) is 35.5 Å². The zero-order chi connectivity index (χ0) is 26.2. The summed E-state index contributed by atoms with van der Waals surface area (Å²) in [6.45, 7) is 0.551. The fraction of sp³-hybridized carbons (Fsp3) is 0.520. The van der Waals surface area contributed by atoms with Crippen LogP contribution in [0.1, 0.15) is 31.6 Å². The number of fused-ring (bicyclic) bond motifs is 1. The Morgan fingerprint density at radius 3 is 2.81 bits per heavy atom. The van der Waals surface area contributed by atoms with Gasteiger partial charge < -0.3 is 24.6 Å². The van der Waals surface area contributed by atoms with Crippen molar-refractivity contribution >= 4 is 40.1 Å². The van der Waals surface area contributed by atoms with Crippen LogP contribution in [-0.4, -0.2) is 63.2 Å². The molecule has 2 aromatic heterocycles.